The van der Waals surface area contributed by atoms with Crippen LogP contribution in [0, 0.1) is 11.3 Å². The smallest absolute Gasteiger partial charge is 0.0638 e. The van der Waals surface area contributed by atoms with Gasteiger partial charge in [0.2, 0.25) is 0 Å². The Labute approximate surface area is 93.5 Å². The van der Waals surface area contributed by atoms with Crippen molar-refractivity contribution in [3.05, 3.63) is 0 Å². The summed E-state index contributed by atoms with van der Waals surface area (Å²) in [7, 11) is 0. The normalized spacial score (nSPS) is 28.3. The maximum atomic E-state index is 8.84. The Bertz CT molecular complexity index is 209. The number of hydrogen-bond acceptors (Lipinski definition) is 3. The number of rotatable bonds is 4. The molecule has 1 rings (SSSR count). The summed E-state index contributed by atoms with van der Waals surface area (Å²) in [5.74, 6) is 0. The average Bonchev–Trinajstić information content (AvgIpc) is 2.39. The number of nitrogens with one attached hydrogen (secondary N) is 1. The van der Waals surface area contributed by atoms with Crippen LogP contribution in [0.4, 0.5) is 0 Å². The highest BCUT2D eigenvalue weighted by molar-refractivity contribution is 4.88. The summed E-state index contributed by atoms with van der Waals surface area (Å²) in [5.41, 5.74) is 0. The Balaban J connectivity index is 2.57. The minimum atomic E-state index is 0.416. The zero-order chi connectivity index (χ0) is 11.1. The molecule has 86 valence electrons. The van der Waals surface area contributed by atoms with E-state index in [2.05, 4.69) is 30.1 Å². The molecule has 2 unspecified atom stereocenters. The van der Waals surface area contributed by atoms with Gasteiger partial charge in [0.05, 0.1) is 12.5 Å². The highest BCUT2D eigenvalue weighted by Gasteiger charge is 2.24. The molecule has 15 heavy (non-hydrogen) atoms. The van der Waals surface area contributed by atoms with Crippen molar-refractivity contribution in [2.75, 3.05) is 19.6 Å². The van der Waals surface area contributed by atoms with Crippen molar-refractivity contribution in [1.82, 2.24) is 10.2 Å². The number of nitriles is 1. The monoisotopic (exact) mass is 209 g/mol. The SMILES string of the molecule is CCCCN1C(C)CCNCC1CC#N. The quantitative estimate of drug-likeness (QED) is 0.766. The minimum absolute atomic E-state index is 0.416. The zero-order valence-electron chi connectivity index (χ0n) is 10.00. The van der Waals surface area contributed by atoms with Gasteiger partial charge >= 0.3 is 0 Å². The molecular formula is C12H23N3. The molecule has 0 aliphatic carbocycles. The van der Waals surface area contributed by atoms with Gasteiger partial charge in [0.25, 0.3) is 0 Å². The lowest BCUT2D eigenvalue weighted by Gasteiger charge is -2.33. The van der Waals surface area contributed by atoms with Crippen LogP contribution in [0.15, 0.2) is 0 Å². The molecule has 1 saturated heterocycles. The minimum Gasteiger partial charge on any atom is -0.315 e. The Morgan fingerprint density at radius 2 is 2.33 bits per heavy atom. The van der Waals surface area contributed by atoms with Gasteiger partial charge in [-0.3, -0.25) is 4.90 Å². The average molecular weight is 209 g/mol. The Morgan fingerprint density at radius 3 is 3.00 bits per heavy atom. The summed E-state index contributed by atoms with van der Waals surface area (Å²) in [6.07, 6.45) is 4.33. The van der Waals surface area contributed by atoms with E-state index in [1.54, 1.807) is 0 Å². The fourth-order valence-electron chi connectivity index (χ4n) is 2.26. The van der Waals surface area contributed by atoms with Crippen LogP contribution in [-0.2, 0) is 0 Å². The van der Waals surface area contributed by atoms with E-state index in [1.807, 2.05) is 0 Å². The molecule has 0 spiro atoms. The first kappa shape index (κ1) is 12.5. The molecule has 0 aromatic rings. The van der Waals surface area contributed by atoms with Gasteiger partial charge in [0.15, 0.2) is 0 Å². The zero-order valence-corrected chi connectivity index (χ0v) is 10.00. The molecule has 1 aliphatic rings. The van der Waals surface area contributed by atoms with Gasteiger partial charge in [-0.15, -0.1) is 0 Å². The van der Waals surface area contributed by atoms with Crippen LogP contribution in [0.1, 0.15) is 39.5 Å². The second-order valence-corrected chi connectivity index (χ2v) is 4.45. The van der Waals surface area contributed by atoms with Crippen molar-refractivity contribution in [2.45, 2.75) is 51.6 Å². The maximum Gasteiger partial charge on any atom is 0.0638 e. The summed E-state index contributed by atoms with van der Waals surface area (Å²) in [5, 5.41) is 12.3. The third-order valence-electron chi connectivity index (χ3n) is 3.25. The van der Waals surface area contributed by atoms with E-state index in [0.717, 1.165) is 19.6 Å². The lowest BCUT2D eigenvalue weighted by atomic mass is 10.1. The summed E-state index contributed by atoms with van der Waals surface area (Å²) in [6.45, 7) is 7.71. The molecule has 1 heterocycles. The summed E-state index contributed by atoms with van der Waals surface area (Å²) >= 11 is 0. The van der Waals surface area contributed by atoms with Crippen molar-refractivity contribution in [1.29, 1.82) is 5.26 Å². The molecule has 0 aromatic carbocycles. The van der Waals surface area contributed by atoms with Crippen LogP contribution in [0.25, 0.3) is 0 Å². The topological polar surface area (TPSA) is 39.1 Å². The van der Waals surface area contributed by atoms with Crippen LogP contribution in [0.2, 0.25) is 0 Å². The Hall–Kier alpha value is -0.590. The van der Waals surface area contributed by atoms with Gasteiger partial charge < -0.3 is 5.32 Å². The van der Waals surface area contributed by atoms with Crippen molar-refractivity contribution >= 4 is 0 Å². The molecule has 1 fully saturated rings. The summed E-state index contributed by atoms with van der Waals surface area (Å²) < 4.78 is 0. The largest absolute Gasteiger partial charge is 0.315 e. The van der Waals surface area contributed by atoms with Crippen molar-refractivity contribution in [3.63, 3.8) is 0 Å². The molecule has 1 N–H and O–H groups in total. The first-order valence-electron chi connectivity index (χ1n) is 6.13. The third-order valence-corrected chi connectivity index (χ3v) is 3.25. The van der Waals surface area contributed by atoms with Gasteiger partial charge in [0, 0.05) is 18.6 Å². The molecule has 3 heteroatoms. The van der Waals surface area contributed by atoms with Gasteiger partial charge in [-0.25, -0.2) is 0 Å². The van der Waals surface area contributed by atoms with Crippen LogP contribution in [-0.4, -0.2) is 36.6 Å². The van der Waals surface area contributed by atoms with Gasteiger partial charge in [-0.2, -0.15) is 5.26 Å². The number of unbranched alkanes of at least 4 members (excludes halogenated alkanes) is 1. The Kier molecular flexibility index (Phi) is 5.67. The first-order valence-corrected chi connectivity index (χ1v) is 6.13. The van der Waals surface area contributed by atoms with Crippen LogP contribution >= 0.6 is 0 Å². The second-order valence-electron chi connectivity index (χ2n) is 4.45. The molecule has 0 aromatic heterocycles. The van der Waals surface area contributed by atoms with Crippen molar-refractivity contribution in [2.24, 2.45) is 0 Å². The van der Waals surface area contributed by atoms with E-state index in [-0.39, 0.29) is 0 Å². The van der Waals surface area contributed by atoms with E-state index in [9.17, 15) is 0 Å². The maximum absolute atomic E-state index is 8.84. The highest BCUT2D eigenvalue weighted by atomic mass is 15.2. The van der Waals surface area contributed by atoms with E-state index >= 15 is 0 Å². The molecule has 3 nitrogen and oxygen atoms in total. The van der Waals surface area contributed by atoms with Crippen LogP contribution in [0.5, 0.6) is 0 Å². The molecule has 1 aliphatic heterocycles. The fraction of sp³-hybridized carbons (Fsp3) is 0.917. The van der Waals surface area contributed by atoms with E-state index < -0.39 is 0 Å². The van der Waals surface area contributed by atoms with Gasteiger partial charge in [0.1, 0.15) is 0 Å². The van der Waals surface area contributed by atoms with E-state index in [4.69, 9.17) is 5.26 Å². The second kappa shape index (κ2) is 6.81. The molecule has 0 saturated carbocycles. The molecule has 0 bridgehead atoms. The molecule has 0 radical (unpaired) electrons. The van der Waals surface area contributed by atoms with E-state index in [1.165, 1.54) is 19.3 Å². The standard InChI is InChI=1S/C12H23N3/c1-3-4-9-15-11(2)6-8-14-10-12(15)5-7-13/h11-12,14H,3-6,8-10H2,1-2H3. The van der Waals surface area contributed by atoms with E-state index in [0.29, 0.717) is 18.5 Å². The van der Waals surface area contributed by atoms with Gasteiger partial charge in [-0.05, 0) is 32.9 Å². The molecular weight excluding hydrogens is 186 g/mol. The predicted molar refractivity (Wildman–Crippen MR) is 62.6 cm³/mol. The Morgan fingerprint density at radius 1 is 1.53 bits per heavy atom. The molecule has 2 atom stereocenters. The third kappa shape index (κ3) is 3.81. The van der Waals surface area contributed by atoms with Crippen molar-refractivity contribution in [3.8, 4) is 6.07 Å². The van der Waals surface area contributed by atoms with Crippen molar-refractivity contribution < 1.29 is 0 Å². The number of hydrogen-bond donors (Lipinski definition) is 1. The summed E-state index contributed by atoms with van der Waals surface area (Å²) in [4.78, 5) is 2.52. The van der Waals surface area contributed by atoms with Gasteiger partial charge in [-0.1, -0.05) is 13.3 Å². The van der Waals surface area contributed by atoms with Crippen LogP contribution < -0.4 is 5.32 Å². The lowest BCUT2D eigenvalue weighted by Crippen LogP contribution is -2.44. The lowest BCUT2D eigenvalue weighted by molar-refractivity contribution is 0.152. The molecule has 0 amide bonds. The van der Waals surface area contributed by atoms with Crippen LogP contribution in [0.3, 0.4) is 0 Å². The fourth-order valence-corrected chi connectivity index (χ4v) is 2.26. The summed E-state index contributed by atoms with van der Waals surface area (Å²) in [6, 6.07) is 3.34. The highest BCUT2D eigenvalue weighted by Crippen LogP contribution is 2.15. The predicted octanol–water partition coefficient (Wildman–Crippen LogP) is 1.75. The number of nitrogens with zero attached hydrogens (tertiary/aromatic N) is 2. The first-order chi connectivity index (χ1) is 7.29.